The molecule has 0 fully saturated rings. The summed E-state index contributed by atoms with van der Waals surface area (Å²) in [7, 11) is -1.96. The molecule has 2 heterocycles. The number of sulfone groups is 1. The van der Waals surface area contributed by atoms with Crippen LogP contribution < -0.4 is 15.2 Å². The fraction of sp³-hybridized carbons (Fsp3) is 0.280. The molecule has 0 aliphatic heterocycles. The SMILES string of the molecule is CCOc1nc(C(CS(C)(=O)=O)n2c(=O)[nH]c3cc(-c4ccccc4C)ccc32)ccc1OC. The second-order valence-corrected chi connectivity index (χ2v) is 10.3. The van der Waals surface area contributed by atoms with Crippen LogP contribution in [0.25, 0.3) is 22.2 Å². The minimum atomic E-state index is -3.47. The van der Waals surface area contributed by atoms with Crippen molar-refractivity contribution < 1.29 is 17.9 Å². The molecule has 0 spiro atoms. The molecule has 34 heavy (non-hydrogen) atoms. The zero-order valence-corrected chi connectivity index (χ0v) is 20.3. The number of fused-ring (bicyclic) bond motifs is 1. The van der Waals surface area contributed by atoms with E-state index in [-0.39, 0.29) is 11.6 Å². The Hall–Kier alpha value is -3.59. The van der Waals surface area contributed by atoms with Gasteiger partial charge in [0.25, 0.3) is 5.88 Å². The third kappa shape index (κ3) is 4.70. The number of nitrogens with zero attached hydrogens (tertiary/aromatic N) is 2. The van der Waals surface area contributed by atoms with Crippen LogP contribution in [-0.4, -0.2) is 48.7 Å². The van der Waals surface area contributed by atoms with E-state index in [1.165, 1.54) is 11.7 Å². The van der Waals surface area contributed by atoms with Gasteiger partial charge in [0, 0.05) is 6.26 Å². The minimum Gasteiger partial charge on any atom is -0.491 e. The lowest BCUT2D eigenvalue weighted by Crippen LogP contribution is -2.29. The second kappa shape index (κ2) is 9.34. The number of rotatable bonds is 8. The molecule has 0 bridgehead atoms. The summed E-state index contributed by atoms with van der Waals surface area (Å²) in [5.74, 6) is 0.373. The summed E-state index contributed by atoms with van der Waals surface area (Å²) in [5.41, 5.74) is 4.31. The van der Waals surface area contributed by atoms with Crippen LogP contribution in [0.5, 0.6) is 11.6 Å². The first-order valence-electron chi connectivity index (χ1n) is 10.9. The lowest BCUT2D eigenvalue weighted by Gasteiger charge is -2.19. The molecule has 1 N–H and O–H groups in total. The Balaban J connectivity index is 1.89. The van der Waals surface area contributed by atoms with Crippen molar-refractivity contribution in [3.05, 3.63) is 76.3 Å². The standard InChI is InChI=1S/C25H27N3O5S/c1-5-33-24-23(32-3)13-11-19(26-24)22(15-34(4,30)31)28-21-12-10-17(14-20(21)27-25(28)29)18-9-7-6-8-16(18)2/h6-14,22H,5,15H2,1-4H3,(H,27,29). The van der Waals surface area contributed by atoms with E-state index in [2.05, 4.69) is 9.97 Å². The molecular weight excluding hydrogens is 454 g/mol. The van der Waals surface area contributed by atoms with Crippen LogP contribution in [0.2, 0.25) is 0 Å². The van der Waals surface area contributed by atoms with Crippen molar-refractivity contribution in [1.82, 2.24) is 14.5 Å². The average molecular weight is 482 g/mol. The van der Waals surface area contributed by atoms with E-state index in [0.717, 1.165) is 22.9 Å². The smallest absolute Gasteiger partial charge is 0.327 e. The van der Waals surface area contributed by atoms with Gasteiger partial charge in [0.1, 0.15) is 9.84 Å². The average Bonchev–Trinajstić information content (AvgIpc) is 3.12. The Morgan fingerprint density at radius 3 is 2.56 bits per heavy atom. The van der Waals surface area contributed by atoms with Gasteiger partial charge >= 0.3 is 5.69 Å². The van der Waals surface area contributed by atoms with Crippen LogP contribution in [0.3, 0.4) is 0 Å². The fourth-order valence-electron chi connectivity index (χ4n) is 4.11. The molecule has 0 aliphatic rings. The van der Waals surface area contributed by atoms with Crippen molar-refractivity contribution in [2.75, 3.05) is 25.7 Å². The molecule has 0 aliphatic carbocycles. The number of aromatic amines is 1. The molecule has 1 unspecified atom stereocenters. The van der Waals surface area contributed by atoms with Crippen LogP contribution >= 0.6 is 0 Å². The zero-order valence-electron chi connectivity index (χ0n) is 19.5. The highest BCUT2D eigenvalue weighted by Crippen LogP contribution is 2.31. The van der Waals surface area contributed by atoms with Crippen molar-refractivity contribution in [2.45, 2.75) is 19.9 Å². The van der Waals surface area contributed by atoms with Gasteiger partial charge in [-0.2, -0.15) is 0 Å². The van der Waals surface area contributed by atoms with Gasteiger partial charge in [-0.05, 0) is 54.8 Å². The van der Waals surface area contributed by atoms with Crippen molar-refractivity contribution >= 4 is 20.9 Å². The van der Waals surface area contributed by atoms with Gasteiger partial charge < -0.3 is 14.5 Å². The molecule has 0 saturated heterocycles. The predicted molar refractivity (Wildman–Crippen MR) is 133 cm³/mol. The normalized spacial score (nSPS) is 12.6. The largest absolute Gasteiger partial charge is 0.491 e. The van der Waals surface area contributed by atoms with Gasteiger partial charge in [-0.15, -0.1) is 0 Å². The number of hydrogen-bond donors (Lipinski definition) is 1. The number of ether oxygens (including phenoxy) is 2. The third-order valence-electron chi connectivity index (χ3n) is 5.63. The first-order chi connectivity index (χ1) is 16.2. The van der Waals surface area contributed by atoms with Gasteiger partial charge in [0.2, 0.25) is 0 Å². The number of aromatic nitrogens is 3. The van der Waals surface area contributed by atoms with Gasteiger partial charge in [-0.3, -0.25) is 4.57 Å². The minimum absolute atomic E-state index is 0.246. The monoisotopic (exact) mass is 481 g/mol. The second-order valence-electron chi connectivity index (χ2n) is 8.13. The number of benzene rings is 2. The van der Waals surface area contributed by atoms with E-state index in [4.69, 9.17) is 9.47 Å². The summed E-state index contributed by atoms with van der Waals surface area (Å²) in [5, 5.41) is 0. The van der Waals surface area contributed by atoms with Crippen LogP contribution in [-0.2, 0) is 9.84 Å². The number of imidazole rings is 1. The van der Waals surface area contributed by atoms with Crippen molar-refractivity contribution in [3.8, 4) is 22.8 Å². The van der Waals surface area contributed by atoms with Gasteiger partial charge in [-0.1, -0.05) is 30.3 Å². The molecule has 9 heteroatoms. The van der Waals surface area contributed by atoms with Gasteiger partial charge in [-0.25, -0.2) is 18.2 Å². The molecule has 4 rings (SSSR count). The predicted octanol–water partition coefficient (Wildman–Crippen LogP) is 3.74. The first kappa shape index (κ1) is 23.6. The van der Waals surface area contributed by atoms with E-state index >= 15 is 0 Å². The summed E-state index contributed by atoms with van der Waals surface area (Å²) < 4.78 is 37.0. The summed E-state index contributed by atoms with van der Waals surface area (Å²) in [6, 6.07) is 16.1. The van der Waals surface area contributed by atoms with Crippen LogP contribution in [0, 0.1) is 6.92 Å². The molecule has 1 atom stereocenters. The van der Waals surface area contributed by atoms with Crippen molar-refractivity contribution in [2.24, 2.45) is 0 Å². The van der Waals surface area contributed by atoms with E-state index in [1.54, 1.807) is 12.1 Å². The summed E-state index contributed by atoms with van der Waals surface area (Å²) in [6.45, 7) is 4.21. The Morgan fingerprint density at radius 2 is 1.88 bits per heavy atom. The third-order valence-corrected chi connectivity index (χ3v) is 6.56. The van der Waals surface area contributed by atoms with Crippen LogP contribution in [0.15, 0.2) is 59.4 Å². The highest BCUT2D eigenvalue weighted by molar-refractivity contribution is 7.90. The van der Waals surface area contributed by atoms with Crippen molar-refractivity contribution in [1.29, 1.82) is 0 Å². The Morgan fingerprint density at radius 1 is 1.12 bits per heavy atom. The van der Waals surface area contributed by atoms with E-state index < -0.39 is 21.6 Å². The molecule has 0 saturated carbocycles. The molecular formula is C25H27N3O5S. The number of aryl methyl sites for hydroxylation is 1. The highest BCUT2D eigenvalue weighted by Gasteiger charge is 2.26. The quantitative estimate of drug-likeness (QED) is 0.411. The fourth-order valence-corrected chi connectivity index (χ4v) is 5.00. The summed E-state index contributed by atoms with van der Waals surface area (Å²) in [4.78, 5) is 20.5. The highest BCUT2D eigenvalue weighted by atomic mass is 32.2. The van der Waals surface area contributed by atoms with Crippen LogP contribution in [0.1, 0.15) is 24.2 Å². The Bertz CT molecular complexity index is 1500. The maximum atomic E-state index is 13.1. The maximum absolute atomic E-state index is 13.1. The number of nitrogens with one attached hydrogen (secondary N) is 1. The molecule has 0 amide bonds. The zero-order chi connectivity index (χ0) is 24.5. The van der Waals surface area contributed by atoms with E-state index in [1.807, 2.05) is 56.3 Å². The number of pyridine rings is 1. The Labute approximate surface area is 198 Å². The molecule has 0 radical (unpaired) electrons. The maximum Gasteiger partial charge on any atom is 0.327 e. The summed E-state index contributed by atoms with van der Waals surface area (Å²) >= 11 is 0. The number of hydrogen-bond acceptors (Lipinski definition) is 6. The molecule has 178 valence electrons. The van der Waals surface area contributed by atoms with Gasteiger partial charge in [0.15, 0.2) is 5.75 Å². The van der Waals surface area contributed by atoms with Crippen LogP contribution in [0.4, 0.5) is 0 Å². The van der Waals surface area contributed by atoms with Gasteiger partial charge in [0.05, 0.1) is 42.2 Å². The molecule has 4 aromatic rings. The number of H-pyrrole nitrogens is 1. The van der Waals surface area contributed by atoms with E-state index in [0.29, 0.717) is 29.1 Å². The summed E-state index contributed by atoms with van der Waals surface area (Å²) in [6.07, 6.45) is 1.14. The Kier molecular flexibility index (Phi) is 6.47. The number of methoxy groups -OCH3 is 1. The lowest BCUT2D eigenvalue weighted by atomic mass is 10.0. The molecule has 8 nitrogen and oxygen atoms in total. The molecule has 2 aromatic carbocycles. The lowest BCUT2D eigenvalue weighted by molar-refractivity contribution is 0.296. The van der Waals surface area contributed by atoms with Crippen molar-refractivity contribution in [3.63, 3.8) is 0 Å². The topological polar surface area (TPSA) is 103 Å². The first-order valence-corrected chi connectivity index (χ1v) is 12.9. The van der Waals surface area contributed by atoms with E-state index in [9.17, 15) is 13.2 Å². The molecule has 2 aromatic heterocycles.